The molecular formula is C10H15ClN2. The van der Waals surface area contributed by atoms with Gasteiger partial charge in [0.25, 0.3) is 0 Å². The van der Waals surface area contributed by atoms with Gasteiger partial charge in [0.2, 0.25) is 0 Å². The molecule has 0 aliphatic carbocycles. The number of nitrogens with one attached hydrogen (secondary N) is 1. The van der Waals surface area contributed by atoms with Gasteiger partial charge in [-0.3, -0.25) is 5.43 Å². The number of fused-ring (bicyclic) bond motifs is 1. The number of hydrazine groups is 1. The molecule has 1 N–H and O–H groups in total. The first-order valence-corrected chi connectivity index (χ1v) is 4.39. The van der Waals surface area contributed by atoms with Gasteiger partial charge in [0.05, 0.1) is 0 Å². The van der Waals surface area contributed by atoms with Gasteiger partial charge in [-0.15, -0.1) is 12.4 Å². The van der Waals surface area contributed by atoms with Crippen LogP contribution in [0.1, 0.15) is 11.1 Å². The van der Waals surface area contributed by atoms with Gasteiger partial charge in [-0.2, -0.15) is 0 Å². The maximum absolute atomic E-state index is 3.18. The van der Waals surface area contributed by atoms with E-state index in [2.05, 4.69) is 34.7 Å². The second-order valence-corrected chi connectivity index (χ2v) is 3.16. The molecule has 1 aliphatic rings. The van der Waals surface area contributed by atoms with Gasteiger partial charge in [0.15, 0.2) is 0 Å². The first-order chi connectivity index (χ1) is 5.90. The zero-order chi connectivity index (χ0) is 8.39. The van der Waals surface area contributed by atoms with Crippen molar-refractivity contribution < 1.29 is 0 Å². The molecule has 2 nitrogen and oxygen atoms in total. The van der Waals surface area contributed by atoms with Crippen LogP contribution < -0.4 is 5.43 Å². The van der Waals surface area contributed by atoms with Crippen molar-refractivity contribution >= 4 is 12.4 Å². The van der Waals surface area contributed by atoms with Crippen LogP contribution in [0.4, 0.5) is 0 Å². The summed E-state index contributed by atoms with van der Waals surface area (Å²) in [6, 6.07) is 8.66. The smallest absolute Gasteiger partial charge is 0.0384 e. The number of hydrogen-bond donors (Lipinski definition) is 1. The van der Waals surface area contributed by atoms with Crippen LogP contribution in [-0.4, -0.2) is 18.6 Å². The molecule has 0 saturated heterocycles. The van der Waals surface area contributed by atoms with Crippen molar-refractivity contribution in [2.24, 2.45) is 0 Å². The van der Waals surface area contributed by atoms with E-state index in [-0.39, 0.29) is 12.4 Å². The maximum atomic E-state index is 3.18. The van der Waals surface area contributed by atoms with Crippen molar-refractivity contribution in [2.45, 2.75) is 13.0 Å². The Hall–Kier alpha value is -0.570. The Bertz CT molecular complexity index is 275. The minimum absolute atomic E-state index is 0. The fourth-order valence-corrected chi connectivity index (χ4v) is 1.69. The summed E-state index contributed by atoms with van der Waals surface area (Å²) in [4.78, 5) is 0. The van der Waals surface area contributed by atoms with Crippen LogP contribution in [0.2, 0.25) is 0 Å². The van der Waals surface area contributed by atoms with Crippen molar-refractivity contribution in [3.05, 3.63) is 35.4 Å². The predicted octanol–water partition coefficient (Wildman–Crippen LogP) is 1.60. The van der Waals surface area contributed by atoms with Crippen molar-refractivity contribution in [2.75, 3.05) is 13.6 Å². The number of rotatable bonds is 1. The second kappa shape index (κ2) is 4.61. The van der Waals surface area contributed by atoms with E-state index < -0.39 is 0 Å². The van der Waals surface area contributed by atoms with Gasteiger partial charge in [-0.05, 0) is 24.6 Å². The van der Waals surface area contributed by atoms with E-state index in [0.717, 1.165) is 19.5 Å². The topological polar surface area (TPSA) is 15.3 Å². The Morgan fingerprint density at radius 1 is 1.23 bits per heavy atom. The third kappa shape index (κ3) is 2.21. The normalized spacial score (nSPS) is 16.1. The summed E-state index contributed by atoms with van der Waals surface area (Å²) in [5, 5.41) is 2.24. The lowest BCUT2D eigenvalue weighted by atomic mass is 10.0. The number of nitrogens with zero attached hydrogens (tertiary/aromatic N) is 1. The molecule has 0 atom stereocenters. The SMILES string of the molecule is CNN1CCc2ccccc2C1.Cl. The molecule has 0 amide bonds. The van der Waals surface area contributed by atoms with Crippen molar-refractivity contribution in [1.82, 2.24) is 10.4 Å². The Kier molecular flexibility index (Phi) is 3.72. The minimum atomic E-state index is 0. The molecule has 1 aromatic rings. The number of hydrogen-bond acceptors (Lipinski definition) is 2. The highest BCUT2D eigenvalue weighted by Gasteiger charge is 2.13. The first-order valence-electron chi connectivity index (χ1n) is 4.39. The summed E-state index contributed by atoms with van der Waals surface area (Å²) < 4.78 is 0. The van der Waals surface area contributed by atoms with Crippen LogP contribution in [0.25, 0.3) is 0 Å². The molecule has 0 unspecified atom stereocenters. The van der Waals surface area contributed by atoms with Gasteiger partial charge in [-0.25, -0.2) is 5.01 Å². The fourth-order valence-electron chi connectivity index (χ4n) is 1.69. The largest absolute Gasteiger partial charge is 0.258 e. The van der Waals surface area contributed by atoms with E-state index in [1.807, 2.05) is 7.05 Å². The lowest BCUT2D eigenvalue weighted by Gasteiger charge is -2.27. The second-order valence-electron chi connectivity index (χ2n) is 3.16. The van der Waals surface area contributed by atoms with Gasteiger partial charge < -0.3 is 0 Å². The zero-order valence-electron chi connectivity index (χ0n) is 7.79. The lowest BCUT2D eigenvalue weighted by molar-refractivity contribution is 0.189. The summed E-state index contributed by atoms with van der Waals surface area (Å²) in [6.45, 7) is 2.15. The number of benzene rings is 1. The zero-order valence-corrected chi connectivity index (χ0v) is 8.60. The average Bonchev–Trinajstić information content (AvgIpc) is 2.17. The maximum Gasteiger partial charge on any atom is 0.0384 e. The van der Waals surface area contributed by atoms with Gasteiger partial charge in [0, 0.05) is 13.1 Å². The summed E-state index contributed by atoms with van der Waals surface area (Å²) in [6.07, 6.45) is 1.16. The van der Waals surface area contributed by atoms with E-state index in [1.54, 1.807) is 0 Å². The molecule has 3 heteroatoms. The monoisotopic (exact) mass is 198 g/mol. The summed E-state index contributed by atoms with van der Waals surface area (Å²) in [5.74, 6) is 0. The molecule has 2 rings (SSSR count). The molecule has 0 saturated carbocycles. The van der Waals surface area contributed by atoms with Gasteiger partial charge in [-0.1, -0.05) is 24.3 Å². The van der Waals surface area contributed by atoms with Gasteiger partial charge in [0.1, 0.15) is 0 Å². The average molecular weight is 199 g/mol. The molecule has 0 radical (unpaired) electrons. The molecule has 72 valence electrons. The standard InChI is InChI=1S/C10H14N2.ClH/c1-11-12-7-6-9-4-2-3-5-10(9)8-12;/h2-5,11H,6-8H2,1H3;1H. The molecule has 1 heterocycles. The molecule has 0 bridgehead atoms. The van der Waals surface area contributed by atoms with Crippen molar-refractivity contribution in [1.29, 1.82) is 0 Å². The number of halogens is 1. The van der Waals surface area contributed by atoms with Crippen LogP contribution in [0.15, 0.2) is 24.3 Å². The molecule has 0 fully saturated rings. The Morgan fingerprint density at radius 2 is 1.92 bits per heavy atom. The molecule has 0 spiro atoms. The highest BCUT2D eigenvalue weighted by molar-refractivity contribution is 5.85. The van der Waals surface area contributed by atoms with E-state index in [0.29, 0.717) is 0 Å². The summed E-state index contributed by atoms with van der Waals surface area (Å²) >= 11 is 0. The third-order valence-electron chi connectivity index (χ3n) is 2.45. The minimum Gasteiger partial charge on any atom is -0.258 e. The van der Waals surface area contributed by atoms with E-state index >= 15 is 0 Å². The van der Waals surface area contributed by atoms with E-state index in [4.69, 9.17) is 0 Å². The Labute approximate surface area is 85.3 Å². The Balaban J connectivity index is 0.000000845. The van der Waals surface area contributed by atoms with Gasteiger partial charge >= 0.3 is 0 Å². The van der Waals surface area contributed by atoms with Crippen LogP contribution in [0, 0.1) is 0 Å². The molecule has 1 aliphatic heterocycles. The van der Waals surface area contributed by atoms with Crippen LogP contribution in [0.3, 0.4) is 0 Å². The van der Waals surface area contributed by atoms with Crippen molar-refractivity contribution in [3.63, 3.8) is 0 Å². The lowest BCUT2D eigenvalue weighted by Crippen LogP contribution is -2.39. The summed E-state index contributed by atoms with van der Waals surface area (Å²) in [7, 11) is 1.98. The Morgan fingerprint density at radius 3 is 2.62 bits per heavy atom. The molecule has 1 aromatic carbocycles. The van der Waals surface area contributed by atoms with Crippen LogP contribution in [-0.2, 0) is 13.0 Å². The highest BCUT2D eigenvalue weighted by atomic mass is 35.5. The summed E-state index contributed by atoms with van der Waals surface area (Å²) in [5.41, 5.74) is 6.14. The van der Waals surface area contributed by atoms with Crippen LogP contribution in [0.5, 0.6) is 0 Å². The fraction of sp³-hybridized carbons (Fsp3) is 0.400. The molecule has 0 aromatic heterocycles. The van der Waals surface area contributed by atoms with Crippen molar-refractivity contribution in [3.8, 4) is 0 Å². The predicted molar refractivity (Wildman–Crippen MR) is 56.9 cm³/mol. The van der Waals surface area contributed by atoms with Crippen LogP contribution >= 0.6 is 12.4 Å². The van der Waals surface area contributed by atoms with E-state index in [9.17, 15) is 0 Å². The quantitative estimate of drug-likeness (QED) is 0.738. The third-order valence-corrected chi connectivity index (χ3v) is 2.45. The highest BCUT2D eigenvalue weighted by Crippen LogP contribution is 2.16. The van der Waals surface area contributed by atoms with E-state index in [1.165, 1.54) is 11.1 Å². The first kappa shape index (κ1) is 10.5. The molecular weight excluding hydrogens is 184 g/mol. The molecule has 13 heavy (non-hydrogen) atoms.